The van der Waals surface area contributed by atoms with E-state index in [1.807, 2.05) is 32.4 Å². The van der Waals surface area contributed by atoms with Gasteiger partial charge in [-0.05, 0) is 63.2 Å². The van der Waals surface area contributed by atoms with Crippen LogP contribution in [0.1, 0.15) is 30.1 Å². The highest BCUT2D eigenvalue weighted by Crippen LogP contribution is 2.25. The van der Waals surface area contributed by atoms with Gasteiger partial charge in [-0.1, -0.05) is 11.6 Å². The number of aliphatic hydroxyl groups excluding tert-OH is 1. The fraction of sp³-hybridized carbons (Fsp3) is 0.611. The number of hydrogen-bond donors (Lipinski definition) is 1. The van der Waals surface area contributed by atoms with Crippen molar-refractivity contribution in [1.29, 1.82) is 0 Å². The number of rotatable bonds is 6. The third kappa shape index (κ3) is 5.38. The van der Waals surface area contributed by atoms with Crippen LogP contribution in [-0.4, -0.2) is 66.4 Å². The molecule has 6 heteroatoms. The summed E-state index contributed by atoms with van der Waals surface area (Å²) in [6, 6.07) is 5.60. The van der Waals surface area contributed by atoms with E-state index in [2.05, 4.69) is 4.90 Å². The summed E-state index contributed by atoms with van der Waals surface area (Å²) in [5, 5.41) is 9.99. The van der Waals surface area contributed by atoms with Crippen LogP contribution in [-0.2, 0) is 0 Å². The average Bonchev–Trinajstić information content (AvgIpc) is 2.56. The van der Waals surface area contributed by atoms with Gasteiger partial charge in [0.05, 0.1) is 16.7 Å². The van der Waals surface area contributed by atoms with Gasteiger partial charge in [0.15, 0.2) is 0 Å². The summed E-state index contributed by atoms with van der Waals surface area (Å²) in [5.74, 6) is 0.494. The predicted molar refractivity (Wildman–Crippen MR) is 101 cm³/mol. The van der Waals surface area contributed by atoms with Gasteiger partial charge in [-0.3, -0.25) is 4.79 Å². The molecule has 134 valence electrons. The largest absolute Gasteiger partial charge is 0.392 e. The second-order valence-corrected chi connectivity index (χ2v) is 7.91. The van der Waals surface area contributed by atoms with Gasteiger partial charge in [0, 0.05) is 25.0 Å². The van der Waals surface area contributed by atoms with E-state index in [0.717, 1.165) is 43.9 Å². The molecule has 0 unspecified atom stereocenters. The van der Waals surface area contributed by atoms with Crippen molar-refractivity contribution in [2.24, 2.45) is 5.92 Å². The Bertz CT molecular complexity index is 560. The topological polar surface area (TPSA) is 43.8 Å². The van der Waals surface area contributed by atoms with Crippen molar-refractivity contribution in [3.05, 3.63) is 28.8 Å². The number of nitrogens with zero attached hydrogens (tertiary/aromatic N) is 2. The summed E-state index contributed by atoms with van der Waals surface area (Å²) in [6.07, 6.45) is 3.82. The Hall–Kier alpha value is -0.750. The fourth-order valence-electron chi connectivity index (χ4n) is 3.20. The van der Waals surface area contributed by atoms with E-state index in [1.54, 1.807) is 22.7 Å². The van der Waals surface area contributed by atoms with Crippen LogP contribution in [0.2, 0.25) is 5.02 Å². The minimum Gasteiger partial charge on any atom is -0.392 e. The number of aliphatic hydroxyl groups is 1. The molecule has 1 amide bonds. The third-order valence-corrected chi connectivity index (χ3v) is 5.57. The summed E-state index contributed by atoms with van der Waals surface area (Å²) in [7, 11) is 1.85. The number of carbonyl (C=O) groups excluding carboxylic acids is 1. The lowest BCUT2D eigenvalue weighted by atomic mass is 9.96. The second-order valence-electron chi connectivity index (χ2n) is 6.62. The molecule has 1 aliphatic heterocycles. The molecule has 0 aromatic heterocycles. The highest BCUT2D eigenvalue weighted by Gasteiger charge is 2.24. The van der Waals surface area contributed by atoms with Gasteiger partial charge in [0.25, 0.3) is 5.91 Å². The zero-order chi connectivity index (χ0) is 17.7. The molecule has 0 saturated carbocycles. The van der Waals surface area contributed by atoms with Crippen LogP contribution in [0.5, 0.6) is 0 Å². The van der Waals surface area contributed by atoms with Gasteiger partial charge >= 0.3 is 0 Å². The van der Waals surface area contributed by atoms with Crippen LogP contribution in [0.15, 0.2) is 23.1 Å². The van der Waals surface area contributed by atoms with Crippen molar-refractivity contribution in [2.75, 3.05) is 39.5 Å². The van der Waals surface area contributed by atoms with Crippen molar-refractivity contribution >= 4 is 29.3 Å². The van der Waals surface area contributed by atoms with Gasteiger partial charge in [-0.15, -0.1) is 11.8 Å². The molecule has 1 fully saturated rings. The van der Waals surface area contributed by atoms with Crippen LogP contribution < -0.4 is 0 Å². The van der Waals surface area contributed by atoms with Gasteiger partial charge in [-0.25, -0.2) is 0 Å². The average molecular weight is 371 g/mol. The van der Waals surface area contributed by atoms with Crippen LogP contribution in [0.4, 0.5) is 0 Å². The van der Waals surface area contributed by atoms with Crippen LogP contribution >= 0.6 is 23.4 Å². The second kappa shape index (κ2) is 9.09. The van der Waals surface area contributed by atoms with Crippen LogP contribution in [0.3, 0.4) is 0 Å². The van der Waals surface area contributed by atoms with Crippen molar-refractivity contribution < 1.29 is 9.90 Å². The maximum Gasteiger partial charge on any atom is 0.255 e. The fourth-order valence-corrected chi connectivity index (χ4v) is 3.83. The summed E-state index contributed by atoms with van der Waals surface area (Å²) >= 11 is 7.82. The lowest BCUT2D eigenvalue weighted by molar-refractivity contribution is 0.0702. The Kier molecular flexibility index (Phi) is 7.41. The van der Waals surface area contributed by atoms with Gasteiger partial charge in [-0.2, -0.15) is 0 Å². The smallest absolute Gasteiger partial charge is 0.255 e. The Balaban J connectivity index is 1.91. The monoisotopic (exact) mass is 370 g/mol. The predicted octanol–water partition coefficient (Wildman–Crippen LogP) is 3.23. The number of benzene rings is 1. The van der Waals surface area contributed by atoms with E-state index < -0.39 is 0 Å². The summed E-state index contributed by atoms with van der Waals surface area (Å²) in [4.78, 5) is 17.8. The molecule has 1 aliphatic rings. The minimum absolute atomic E-state index is 0.0117. The normalized spacial score (nSPS) is 17.7. The number of thioether (sulfide) groups is 1. The molecule has 4 nitrogen and oxygen atoms in total. The van der Waals surface area contributed by atoms with Crippen molar-refractivity contribution in [1.82, 2.24) is 9.80 Å². The maximum atomic E-state index is 12.7. The first kappa shape index (κ1) is 19.6. The van der Waals surface area contributed by atoms with Gasteiger partial charge < -0.3 is 14.9 Å². The quantitative estimate of drug-likeness (QED) is 0.781. The maximum absolute atomic E-state index is 12.7. The number of β-amino-alcohol motifs (C(OH)–C–C–N with tert-alkyl or cyclic N) is 1. The molecule has 0 aliphatic carbocycles. The van der Waals surface area contributed by atoms with E-state index in [1.165, 1.54) is 0 Å². The highest BCUT2D eigenvalue weighted by atomic mass is 35.5. The van der Waals surface area contributed by atoms with E-state index in [4.69, 9.17) is 11.6 Å². The molecule has 24 heavy (non-hydrogen) atoms. The Morgan fingerprint density at radius 3 is 2.71 bits per heavy atom. The van der Waals surface area contributed by atoms with Gasteiger partial charge in [0.1, 0.15) is 0 Å². The Morgan fingerprint density at radius 1 is 1.46 bits per heavy atom. The molecule has 0 spiro atoms. The molecule has 1 aromatic carbocycles. The number of amides is 1. The third-order valence-electron chi connectivity index (χ3n) is 4.51. The van der Waals surface area contributed by atoms with Crippen molar-refractivity contribution in [3.8, 4) is 0 Å². The highest BCUT2D eigenvalue weighted by molar-refractivity contribution is 7.98. The van der Waals surface area contributed by atoms with Gasteiger partial charge in [0.2, 0.25) is 0 Å². The number of piperidine rings is 1. The van der Waals surface area contributed by atoms with Crippen molar-refractivity contribution in [3.63, 3.8) is 0 Å². The molecule has 1 aromatic rings. The molecule has 0 bridgehead atoms. The molecular formula is C18H27ClN2O2S. The Morgan fingerprint density at radius 2 is 2.12 bits per heavy atom. The minimum atomic E-state index is -0.281. The summed E-state index contributed by atoms with van der Waals surface area (Å²) in [6.45, 7) is 5.28. The first-order chi connectivity index (χ1) is 11.4. The SMILES string of the molecule is CSc1ccc(Cl)c(C(=O)N(C)CC2CCN(C[C@@H](C)O)CC2)c1. The molecule has 1 atom stereocenters. The number of likely N-dealkylation sites (tertiary alicyclic amines) is 1. The molecule has 1 heterocycles. The first-order valence-corrected chi connectivity index (χ1v) is 10.0. The van der Waals surface area contributed by atoms with Crippen molar-refractivity contribution in [2.45, 2.75) is 30.8 Å². The summed E-state index contributed by atoms with van der Waals surface area (Å²) in [5.41, 5.74) is 0.581. The number of hydrogen-bond acceptors (Lipinski definition) is 4. The van der Waals surface area contributed by atoms with Crippen LogP contribution in [0.25, 0.3) is 0 Å². The summed E-state index contributed by atoms with van der Waals surface area (Å²) < 4.78 is 0. The number of halogens is 1. The van der Waals surface area contributed by atoms with E-state index >= 15 is 0 Å². The zero-order valence-electron chi connectivity index (χ0n) is 14.7. The van der Waals surface area contributed by atoms with Crippen LogP contribution in [0, 0.1) is 5.92 Å². The van der Waals surface area contributed by atoms with E-state index in [0.29, 0.717) is 16.5 Å². The Labute approximate surface area is 154 Å². The van der Waals surface area contributed by atoms with E-state index in [9.17, 15) is 9.90 Å². The molecular weight excluding hydrogens is 344 g/mol. The van der Waals surface area contributed by atoms with E-state index in [-0.39, 0.29) is 12.0 Å². The number of carbonyl (C=O) groups is 1. The lowest BCUT2D eigenvalue weighted by Gasteiger charge is -2.34. The molecule has 1 N–H and O–H groups in total. The molecule has 0 radical (unpaired) electrons. The lowest BCUT2D eigenvalue weighted by Crippen LogP contribution is -2.41. The standard InChI is InChI=1S/C18H27ClN2O2S/c1-13(22)11-21-8-6-14(7-9-21)12-20(2)18(23)16-10-15(24-3)4-5-17(16)19/h4-5,10,13-14,22H,6-9,11-12H2,1-3H3/t13-/m1/s1. The zero-order valence-corrected chi connectivity index (χ0v) is 16.2. The first-order valence-electron chi connectivity index (χ1n) is 8.40. The molecule has 1 saturated heterocycles. The molecule has 2 rings (SSSR count).